The second-order valence-corrected chi connectivity index (χ2v) is 21.4. The number of cyclic esters (lactones) is 1. The van der Waals surface area contributed by atoms with Crippen molar-refractivity contribution >= 4 is 56.3 Å². The number of benzene rings is 2. The van der Waals surface area contributed by atoms with Gasteiger partial charge in [-0.05, 0) is 66.6 Å². The molecule has 4 aromatic rings. The number of aliphatic hydroxyl groups is 3. The number of nitrogens with one attached hydrogen (secondary N) is 1. The van der Waals surface area contributed by atoms with Gasteiger partial charge in [0.1, 0.15) is 66.3 Å². The van der Waals surface area contributed by atoms with E-state index < -0.39 is 132 Å². The minimum Gasteiger partial charge on any atom is -0.479 e. The highest BCUT2D eigenvalue weighted by molar-refractivity contribution is 7.90. The first-order valence-corrected chi connectivity index (χ1v) is 26.4. The summed E-state index contributed by atoms with van der Waals surface area (Å²) in [5.74, 6) is -2.95. The topological polar surface area (TPSA) is 335 Å². The highest BCUT2D eigenvalue weighted by Gasteiger charge is 2.50. The molecule has 24 nitrogen and oxygen atoms in total. The predicted molar refractivity (Wildman–Crippen MR) is 267 cm³/mol. The van der Waals surface area contributed by atoms with E-state index in [0.29, 0.717) is 40.9 Å². The number of aromatic nitrogens is 2. The number of amides is 3. The lowest BCUT2D eigenvalue weighted by Gasteiger charge is -2.38. The van der Waals surface area contributed by atoms with E-state index in [1.165, 1.54) is 35.9 Å². The maximum atomic E-state index is 15.3. The summed E-state index contributed by atoms with van der Waals surface area (Å²) >= 11 is 0. The van der Waals surface area contributed by atoms with E-state index in [0.717, 1.165) is 32.6 Å². The van der Waals surface area contributed by atoms with Crippen molar-refractivity contribution in [2.24, 2.45) is 5.73 Å². The fraction of sp³-hybridized carbons (Fsp3) is 0.471. The van der Waals surface area contributed by atoms with Crippen LogP contribution in [0.25, 0.3) is 22.3 Å². The van der Waals surface area contributed by atoms with Crippen molar-refractivity contribution in [1.29, 1.82) is 0 Å². The summed E-state index contributed by atoms with van der Waals surface area (Å²) in [6.45, 7) is 0.481. The van der Waals surface area contributed by atoms with Gasteiger partial charge in [-0.15, -0.1) is 6.42 Å². The summed E-state index contributed by atoms with van der Waals surface area (Å²) in [7, 11) is -2.41. The number of ether oxygens (including phenoxy) is 6. The van der Waals surface area contributed by atoms with E-state index >= 15 is 4.39 Å². The molecule has 1 fully saturated rings. The molecule has 3 amide bonds. The lowest BCUT2D eigenvalue weighted by Crippen LogP contribution is -2.61. The molecule has 8 rings (SSSR count). The Labute approximate surface area is 439 Å². The van der Waals surface area contributed by atoms with Crippen molar-refractivity contribution in [2.45, 2.75) is 102 Å². The highest BCUT2D eigenvalue weighted by Crippen LogP contribution is 2.46. The fourth-order valence-corrected chi connectivity index (χ4v) is 10.4. The normalized spacial score (nSPS) is 22.2. The van der Waals surface area contributed by atoms with Gasteiger partial charge in [-0.3, -0.25) is 19.3 Å². The second kappa shape index (κ2) is 22.5. The fourth-order valence-electron chi connectivity index (χ4n) is 9.84. The summed E-state index contributed by atoms with van der Waals surface area (Å²) in [6, 6.07) is 6.26. The summed E-state index contributed by atoms with van der Waals surface area (Å²) in [5.41, 5.74) is 8.06. The number of aliphatic carboxylic acids is 1. The van der Waals surface area contributed by atoms with Gasteiger partial charge in [-0.1, -0.05) is 18.9 Å². The van der Waals surface area contributed by atoms with Gasteiger partial charge in [0.05, 0.1) is 60.0 Å². The number of sulfone groups is 1. The van der Waals surface area contributed by atoms with Gasteiger partial charge in [0, 0.05) is 48.5 Å². The number of carbonyl (C=O) groups excluding carboxylic acids is 4. The molecule has 77 heavy (non-hydrogen) atoms. The minimum absolute atomic E-state index is 0.0241. The number of halogens is 1. The Hall–Kier alpha value is -7.09. The number of fused-ring (bicyclic) bond motifs is 5. The smallest absolute Gasteiger partial charge is 0.411 e. The molecule has 0 saturated carbocycles. The molecule has 7 atom stereocenters. The van der Waals surface area contributed by atoms with Crippen molar-refractivity contribution in [3.63, 3.8) is 0 Å². The van der Waals surface area contributed by atoms with Crippen molar-refractivity contribution in [1.82, 2.24) is 19.4 Å². The number of aliphatic hydroxyl groups excluding tert-OH is 3. The molecule has 2 aromatic carbocycles. The van der Waals surface area contributed by atoms with Gasteiger partial charge in [-0.25, -0.2) is 32.2 Å². The number of likely N-dealkylation sites (N-methyl/N-ethyl adjacent to an activating group) is 1. The van der Waals surface area contributed by atoms with Crippen molar-refractivity contribution in [2.75, 3.05) is 57.4 Å². The predicted octanol–water partition coefficient (Wildman–Crippen LogP) is 0.846. The molecule has 1 aliphatic carbocycles. The van der Waals surface area contributed by atoms with Gasteiger partial charge < -0.3 is 69.4 Å². The van der Waals surface area contributed by atoms with E-state index in [-0.39, 0.29) is 60.7 Å². The molecule has 3 aliphatic heterocycles. The monoisotopic (exact) mass is 1090 g/mol. The second-order valence-electron chi connectivity index (χ2n) is 19.1. The molecular weight excluding hydrogens is 1040 g/mol. The van der Waals surface area contributed by atoms with Gasteiger partial charge in [0.15, 0.2) is 11.7 Å². The van der Waals surface area contributed by atoms with E-state index in [1.807, 2.05) is 0 Å². The molecule has 2 aromatic heterocycles. The third-order valence-electron chi connectivity index (χ3n) is 14.0. The van der Waals surface area contributed by atoms with Crippen LogP contribution in [0.2, 0.25) is 0 Å². The summed E-state index contributed by atoms with van der Waals surface area (Å²) in [4.78, 5) is 87.2. The molecule has 0 spiro atoms. The minimum atomic E-state index is -3.75. The van der Waals surface area contributed by atoms with Crippen LogP contribution in [0.1, 0.15) is 71.2 Å². The Morgan fingerprint density at radius 3 is 2.55 bits per heavy atom. The van der Waals surface area contributed by atoms with E-state index in [4.69, 9.17) is 45.6 Å². The maximum absolute atomic E-state index is 15.3. The van der Waals surface area contributed by atoms with Crippen LogP contribution in [0.4, 0.5) is 14.9 Å². The Kier molecular flexibility index (Phi) is 16.4. The Balaban J connectivity index is 1.06. The number of carbonyl (C=O) groups is 5. The number of terminal acetylenes is 1. The SMILES string of the molecule is C#CCOCCC(=O)N(C)CC(=O)Nc1cc(COC(=O)N(CCS(C)(=O)=O)CO[C@]2(CC)C(=O)OCc3c2cc2n(c3=O)Cc3c-2nc2cc(F)c(C)c4c2c3[C@H](N)CC4)ccc1O[C@@H]1OC(C(=O)O)[C@@H](O)[C@H](O)C1O. The van der Waals surface area contributed by atoms with E-state index in [9.17, 15) is 57.6 Å². The number of nitrogens with zero attached hydrogens (tertiary/aromatic N) is 4. The number of anilines is 1. The quantitative estimate of drug-likeness (QED) is 0.0289. The average Bonchev–Trinajstić information content (AvgIpc) is 3.80. The number of aryl methyl sites for hydroxylation is 1. The van der Waals surface area contributed by atoms with Crippen LogP contribution in [-0.2, 0) is 84.5 Å². The summed E-state index contributed by atoms with van der Waals surface area (Å²) in [6.07, 6.45) is -4.30. The van der Waals surface area contributed by atoms with E-state index in [1.54, 1.807) is 19.9 Å². The summed E-state index contributed by atoms with van der Waals surface area (Å²) < 4.78 is 75.4. The van der Waals surface area contributed by atoms with Gasteiger partial charge in [0.25, 0.3) is 5.56 Å². The Morgan fingerprint density at radius 2 is 1.84 bits per heavy atom. The van der Waals surface area contributed by atoms with Crippen LogP contribution < -0.4 is 21.3 Å². The average molecular weight is 1090 g/mol. The Morgan fingerprint density at radius 1 is 1.09 bits per heavy atom. The number of esters is 1. The first kappa shape index (κ1) is 56.1. The highest BCUT2D eigenvalue weighted by atomic mass is 32.2. The van der Waals surface area contributed by atoms with Crippen LogP contribution in [0, 0.1) is 25.1 Å². The number of nitrogens with two attached hydrogens (primary N) is 1. The molecule has 7 N–H and O–H groups in total. The third kappa shape index (κ3) is 11.2. The molecule has 5 heterocycles. The number of rotatable bonds is 19. The number of carboxylic acid groups (broad SMARTS) is 1. The van der Waals surface area contributed by atoms with Gasteiger partial charge >= 0.3 is 18.0 Å². The Bertz CT molecular complexity index is 3270. The first-order valence-electron chi connectivity index (χ1n) is 24.3. The first-order chi connectivity index (χ1) is 36.5. The number of carboxylic acids is 1. The van der Waals surface area contributed by atoms with Crippen LogP contribution in [-0.4, -0.2) is 161 Å². The molecule has 412 valence electrons. The molecular formula is C51H57FN6O18S. The van der Waals surface area contributed by atoms with Crippen molar-refractivity contribution in [3.8, 4) is 29.5 Å². The molecule has 2 unspecified atom stereocenters. The van der Waals surface area contributed by atoms with Crippen molar-refractivity contribution < 1.29 is 85.6 Å². The zero-order chi connectivity index (χ0) is 55.8. The van der Waals surface area contributed by atoms with Crippen LogP contribution in [0.5, 0.6) is 5.75 Å². The lowest BCUT2D eigenvalue weighted by molar-refractivity contribution is -0.271. The van der Waals surface area contributed by atoms with Crippen LogP contribution in [0.3, 0.4) is 0 Å². The van der Waals surface area contributed by atoms with Crippen LogP contribution in [0.15, 0.2) is 35.1 Å². The maximum Gasteiger partial charge on any atom is 0.411 e. The van der Waals surface area contributed by atoms with Gasteiger partial charge in [0.2, 0.25) is 18.1 Å². The standard InChI is InChI=1S/C51H57FN6O18S/c1-6-14-71-15-12-38(60)56(4)21-37(59)54-33-17-26(8-11-36(33)75-48-44(63)42(61)43(62)45(76-48)47(65)66)22-73-50(68)57(13-16-77(5,69)70)24-74-51(7-2)30-18-35-41-28(20-58(35)46(64)29(30)23-72-49(51)67)39-32(53)10-9-27-25(3)31(52)19-34(55-41)40(27)39/h1,8,11,17-19,32,42-45,48,61-63H,7,9-10,12-16,20-24,53H2,2-5H3,(H,54,59)(H,65,66)/t32-,42+,43+,44?,45?,48-,51+/m1/s1. The molecule has 0 radical (unpaired) electrons. The lowest BCUT2D eigenvalue weighted by atomic mass is 9.82. The third-order valence-corrected chi connectivity index (χ3v) is 15.0. The number of pyridine rings is 2. The largest absolute Gasteiger partial charge is 0.479 e. The van der Waals surface area contributed by atoms with E-state index in [2.05, 4.69) is 11.2 Å². The number of hydrogen-bond donors (Lipinski definition) is 6. The molecule has 4 aliphatic rings. The van der Waals surface area contributed by atoms with Gasteiger partial charge in [-0.2, -0.15) is 0 Å². The van der Waals surface area contributed by atoms with Crippen LogP contribution >= 0.6 is 0 Å². The number of hydrogen-bond acceptors (Lipinski definition) is 19. The zero-order valence-electron chi connectivity index (χ0n) is 42.3. The van der Waals surface area contributed by atoms with Crippen molar-refractivity contribution in [3.05, 3.63) is 85.4 Å². The molecule has 0 bridgehead atoms. The molecule has 1 saturated heterocycles. The summed E-state index contributed by atoms with van der Waals surface area (Å²) in [5, 5.41) is 44.2. The molecule has 26 heteroatoms. The zero-order valence-corrected chi connectivity index (χ0v) is 43.1.